The van der Waals surface area contributed by atoms with Crippen LogP contribution in [-0.2, 0) is 14.8 Å². The van der Waals surface area contributed by atoms with E-state index in [-0.39, 0.29) is 11.4 Å². The van der Waals surface area contributed by atoms with E-state index >= 15 is 0 Å². The number of nitrogens with zero attached hydrogens (tertiary/aromatic N) is 1. The second kappa shape index (κ2) is 8.34. The van der Waals surface area contributed by atoms with Gasteiger partial charge in [-0.2, -0.15) is 4.72 Å². The van der Waals surface area contributed by atoms with Crippen LogP contribution in [0.5, 0.6) is 0 Å². The smallest absolute Gasteiger partial charge is 0.419 e. The number of aryl methyl sites for hydroxylation is 1. The van der Waals surface area contributed by atoms with E-state index in [0.29, 0.717) is 11.1 Å². The molecule has 3 aromatic rings. The molecule has 1 N–H and O–H groups in total. The number of nitrogens with one attached hydrogen (secondary N) is 1. The number of ether oxygens (including phenoxy) is 1. The molecule has 7 heteroatoms. The summed E-state index contributed by atoms with van der Waals surface area (Å²) in [6.45, 7) is 7.25. The number of benzene rings is 2. The van der Waals surface area contributed by atoms with Crippen LogP contribution in [0.3, 0.4) is 0 Å². The highest BCUT2D eigenvalue weighted by Crippen LogP contribution is 2.22. The maximum absolute atomic E-state index is 12.5. The second-order valence-electron chi connectivity index (χ2n) is 7.85. The Morgan fingerprint density at radius 3 is 2.43 bits per heavy atom. The van der Waals surface area contributed by atoms with Crippen molar-refractivity contribution in [3.8, 4) is 11.8 Å². The molecule has 3 rings (SSSR count). The lowest BCUT2D eigenvalue weighted by Gasteiger charge is -2.19. The summed E-state index contributed by atoms with van der Waals surface area (Å²) >= 11 is 0. The normalized spacial score (nSPS) is 11.7. The molecular formula is C23H24N2O4S. The van der Waals surface area contributed by atoms with E-state index in [9.17, 15) is 13.2 Å². The minimum Gasteiger partial charge on any atom is -0.443 e. The maximum Gasteiger partial charge on any atom is 0.419 e. The molecule has 0 bridgehead atoms. The number of hydrogen-bond donors (Lipinski definition) is 1. The highest BCUT2D eigenvalue weighted by Gasteiger charge is 2.20. The number of hydrogen-bond acceptors (Lipinski definition) is 4. The van der Waals surface area contributed by atoms with Crippen molar-refractivity contribution in [1.82, 2.24) is 9.29 Å². The molecule has 156 valence electrons. The summed E-state index contributed by atoms with van der Waals surface area (Å²) in [7, 11) is -3.63. The van der Waals surface area contributed by atoms with Gasteiger partial charge in [-0.05, 0) is 45.9 Å². The van der Waals surface area contributed by atoms with Gasteiger partial charge in [0.2, 0.25) is 10.0 Å². The summed E-state index contributed by atoms with van der Waals surface area (Å²) in [5, 5.41) is 0.789. The fourth-order valence-electron chi connectivity index (χ4n) is 2.81. The van der Waals surface area contributed by atoms with Crippen molar-refractivity contribution in [2.45, 2.75) is 38.2 Å². The monoisotopic (exact) mass is 424 g/mol. The van der Waals surface area contributed by atoms with Crippen LogP contribution in [0, 0.1) is 18.8 Å². The molecule has 1 heterocycles. The van der Waals surface area contributed by atoms with E-state index in [2.05, 4.69) is 16.6 Å². The van der Waals surface area contributed by atoms with Crippen LogP contribution in [0.2, 0.25) is 0 Å². The number of aromatic nitrogens is 1. The minimum atomic E-state index is -3.63. The van der Waals surface area contributed by atoms with Gasteiger partial charge >= 0.3 is 6.09 Å². The second-order valence-corrected chi connectivity index (χ2v) is 9.62. The lowest BCUT2D eigenvalue weighted by atomic mass is 10.2. The van der Waals surface area contributed by atoms with Crippen molar-refractivity contribution in [2.75, 3.05) is 6.54 Å². The van der Waals surface area contributed by atoms with Gasteiger partial charge < -0.3 is 4.74 Å². The van der Waals surface area contributed by atoms with Gasteiger partial charge in [-0.3, -0.25) is 4.57 Å². The first-order valence-corrected chi connectivity index (χ1v) is 10.9. The van der Waals surface area contributed by atoms with Crippen LogP contribution in [0.15, 0.2) is 59.6 Å². The first-order chi connectivity index (χ1) is 14.1. The molecule has 0 fully saturated rings. The van der Waals surface area contributed by atoms with Crippen LogP contribution < -0.4 is 4.72 Å². The number of para-hydroxylation sites is 1. The third-order valence-corrected chi connectivity index (χ3v) is 5.62. The number of carbonyl (C=O) groups excluding carboxylic acids is 1. The van der Waals surface area contributed by atoms with Gasteiger partial charge in [0.1, 0.15) is 5.60 Å². The van der Waals surface area contributed by atoms with Crippen LogP contribution >= 0.6 is 0 Å². The zero-order valence-corrected chi connectivity index (χ0v) is 18.2. The van der Waals surface area contributed by atoms with Gasteiger partial charge in [-0.15, -0.1) is 0 Å². The number of carbonyl (C=O) groups is 1. The van der Waals surface area contributed by atoms with Gasteiger partial charge in [0.05, 0.1) is 22.5 Å². The average molecular weight is 425 g/mol. The molecule has 0 aliphatic heterocycles. The number of rotatable bonds is 3. The quantitative estimate of drug-likeness (QED) is 0.643. The molecule has 30 heavy (non-hydrogen) atoms. The van der Waals surface area contributed by atoms with Crippen LogP contribution in [0.4, 0.5) is 4.79 Å². The van der Waals surface area contributed by atoms with Crippen molar-refractivity contribution in [3.05, 3.63) is 65.9 Å². The molecule has 2 aromatic carbocycles. The van der Waals surface area contributed by atoms with E-state index in [1.54, 1.807) is 51.2 Å². The first-order valence-electron chi connectivity index (χ1n) is 9.45. The van der Waals surface area contributed by atoms with Gasteiger partial charge in [0, 0.05) is 11.6 Å². The molecule has 0 radical (unpaired) electrons. The first kappa shape index (κ1) is 21.6. The molecule has 0 unspecified atom stereocenters. The van der Waals surface area contributed by atoms with E-state index in [0.717, 1.165) is 10.9 Å². The van der Waals surface area contributed by atoms with E-state index in [1.807, 2.05) is 31.2 Å². The number of sulfonamides is 1. The van der Waals surface area contributed by atoms with Crippen LogP contribution in [0.1, 0.15) is 31.9 Å². The Balaban J connectivity index is 1.81. The van der Waals surface area contributed by atoms with Gasteiger partial charge in [-0.25, -0.2) is 13.2 Å². The number of fused-ring (bicyclic) bond motifs is 1. The van der Waals surface area contributed by atoms with Crippen molar-refractivity contribution in [3.63, 3.8) is 0 Å². The predicted octanol–water partition coefficient (Wildman–Crippen LogP) is 4.06. The predicted molar refractivity (Wildman–Crippen MR) is 117 cm³/mol. The van der Waals surface area contributed by atoms with E-state index in [1.165, 1.54) is 4.57 Å². The van der Waals surface area contributed by atoms with Crippen LogP contribution in [0.25, 0.3) is 10.9 Å². The Kier molecular flexibility index (Phi) is 6.01. The zero-order valence-electron chi connectivity index (χ0n) is 17.4. The van der Waals surface area contributed by atoms with Crippen molar-refractivity contribution in [1.29, 1.82) is 0 Å². The Bertz CT molecular complexity index is 1240. The van der Waals surface area contributed by atoms with Crippen LogP contribution in [-0.4, -0.2) is 31.2 Å². The highest BCUT2D eigenvalue weighted by atomic mass is 32.2. The Morgan fingerprint density at radius 1 is 1.10 bits per heavy atom. The van der Waals surface area contributed by atoms with Crippen molar-refractivity contribution in [2.24, 2.45) is 0 Å². The molecule has 0 saturated carbocycles. The molecule has 0 aliphatic carbocycles. The Labute approximate surface area is 176 Å². The van der Waals surface area contributed by atoms with Gasteiger partial charge in [0.25, 0.3) is 0 Å². The summed E-state index contributed by atoms with van der Waals surface area (Å²) in [6, 6.07) is 13.9. The fraction of sp³-hybridized carbons (Fsp3) is 0.261. The molecule has 0 aliphatic rings. The summed E-state index contributed by atoms with van der Waals surface area (Å²) in [4.78, 5) is 12.7. The molecule has 0 amide bonds. The molecule has 0 saturated heterocycles. The molecule has 0 atom stereocenters. The standard InChI is InChI=1S/C23H24N2O4S/c1-17-11-13-19(14-12-17)30(27,28)24-15-7-8-18-16-25(22(26)29-23(2,3)4)21-10-6-5-9-20(18)21/h5-6,9-14,16,24H,15H2,1-4H3. The Morgan fingerprint density at radius 2 is 1.77 bits per heavy atom. The summed E-state index contributed by atoms with van der Waals surface area (Å²) in [6.07, 6.45) is 1.12. The lowest BCUT2D eigenvalue weighted by molar-refractivity contribution is 0.0544. The van der Waals surface area contributed by atoms with Crippen molar-refractivity contribution >= 4 is 27.0 Å². The van der Waals surface area contributed by atoms with E-state index in [4.69, 9.17) is 4.74 Å². The van der Waals surface area contributed by atoms with Gasteiger partial charge in [-0.1, -0.05) is 47.7 Å². The van der Waals surface area contributed by atoms with Gasteiger partial charge in [0.15, 0.2) is 0 Å². The third kappa shape index (κ3) is 5.09. The zero-order chi connectivity index (χ0) is 21.9. The third-order valence-electron chi connectivity index (χ3n) is 4.21. The minimum absolute atomic E-state index is 0.0534. The fourth-order valence-corrected chi connectivity index (χ4v) is 3.74. The summed E-state index contributed by atoms with van der Waals surface area (Å²) < 4.78 is 34.0. The average Bonchev–Trinajstić information content (AvgIpc) is 3.03. The SMILES string of the molecule is Cc1ccc(S(=O)(=O)NCC#Cc2cn(C(=O)OC(C)(C)C)c3ccccc23)cc1. The van der Waals surface area contributed by atoms with E-state index < -0.39 is 21.7 Å². The molecule has 0 spiro atoms. The highest BCUT2D eigenvalue weighted by molar-refractivity contribution is 7.89. The maximum atomic E-state index is 12.5. The van der Waals surface area contributed by atoms with Crippen molar-refractivity contribution < 1.29 is 17.9 Å². The lowest BCUT2D eigenvalue weighted by Crippen LogP contribution is -2.26. The molecule has 6 nitrogen and oxygen atoms in total. The largest absolute Gasteiger partial charge is 0.443 e. The summed E-state index contributed by atoms with van der Waals surface area (Å²) in [5.74, 6) is 5.78. The molecular weight excluding hydrogens is 400 g/mol. The molecule has 1 aromatic heterocycles. The summed E-state index contributed by atoms with van der Waals surface area (Å²) in [5.41, 5.74) is 1.65. The Hall–Kier alpha value is -3.08. The topological polar surface area (TPSA) is 77.4 Å².